The van der Waals surface area contributed by atoms with Crippen molar-refractivity contribution in [2.75, 3.05) is 0 Å². The Labute approximate surface area is 114 Å². The van der Waals surface area contributed by atoms with Crippen LogP contribution in [0.2, 0.25) is 0 Å². The first-order valence-electron chi connectivity index (χ1n) is 7.40. The fraction of sp³-hybridized carbons (Fsp3) is 0.562. The number of hydrogen-bond donors (Lipinski definition) is 1. The summed E-state index contributed by atoms with van der Waals surface area (Å²) in [5.74, 6) is 0.745. The van der Waals surface area contributed by atoms with E-state index in [1.807, 2.05) is 16.8 Å². The lowest BCUT2D eigenvalue weighted by Gasteiger charge is -2.27. The molecule has 1 saturated carbocycles. The molecular formula is C16H22N2O. The molecule has 0 amide bonds. The molecule has 0 saturated heterocycles. The lowest BCUT2D eigenvalue weighted by molar-refractivity contribution is 0.117. The zero-order chi connectivity index (χ0) is 13.2. The Bertz CT molecular complexity index is 557. The van der Waals surface area contributed by atoms with Crippen molar-refractivity contribution in [2.45, 2.75) is 51.7 Å². The molecule has 3 heteroatoms. The van der Waals surface area contributed by atoms with E-state index in [-0.39, 0.29) is 6.10 Å². The van der Waals surface area contributed by atoms with Gasteiger partial charge in [0.2, 0.25) is 0 Å². The van der Waals surface area contributed by atoms with E-state index in [1.54, 1.807) is 0 Å². The fourth-order valence-electron chi connectivity index (χ4n) is 3.01. The minimum absolute atomic E-state index is 0.242. The monoisotopic (exact) mass is 258 g/mol. The third-order valence-electron chi connectivity index (χ3n) is 4.29. The number of nitrogens with zero attached hydrogens (tertiary/aromatic N) is 2. The normalized spacial score (nSPS) is 17.6. The zero-order valence-corrected chi connectivity index (χ0v) is 11.5. The van der Waals surface area contributed by atoms with Gasteiger partial charge in [-0.25, -0.2) is 0 Å². The summed E-state index contributed by atoms with van der Waals surface area (Å²) in [6, 6.07) is 8.31. The van der Waals surface area contributed by atoms with Crippen molar-refractivity contribution in [2.24, 2.45) is 5.92 Å². The Kier molecular flexibility index (Phi) is 3.56. The highest BCUT2D eigenvalue weighted by molar-refractivity contribution is 5.81. The van der Waals surface area contributed by atoms with E-state index in [0.717, 1.165) is 24.6 Å². The summed E-state index contributed by atoms with van der Waals surface area (Å²) in [4.78, 5) is 0. The minimum atomic E-state index is -0.242. The van der Waals surface area contributed by atoms with Gasteiger partial charge in [-0.1, -0.05) is 37.5 Å². The van der Waals surface area contributed by atoms with E-state index < -0.39 is 0 Å². The summed E-state index contributed by atoms with van der Waals surface area (Å²) in [5, 5.41) is 16.1. The van der Waals surface area contributed by atoms with Crippen molar-refractivity contribution < 1.29 is 5.11 Å². The van der Waals surface area contributed by atoms with Crippen molar-refractivity contribution in [3.8, 4) is 0 Å². The second kappa shape index (κ2) is 5.33. The van der Waals surface area contributed by atoms with Gasteiger partial charge in [-0.05, 0) is 25.3 Å². The number of hydrogen-bond acceptors (Lipinski definition) is 2. The van der Waals surface area contributed by atoms with E-state index in [4.69, 9.17) is 0 Å². The Morgan fingerprint density at radius 2 is 2.16 bits per heavy atom. The van der Waals surface area contributed by atoms with Crippen LogP contribution in [0.5, 0.6) is 0 Å². The number of aliphatic hydroxyl groups is 1. The summed E-state index contributed by atoms with van der Waals surface area (Å²) in [6.07, 6.45) is 5.30. The van der Waals surface area contributed by atoms with Gasteiger partial charge in [-0.15, -0.1) is 0 Å². The average molecular weight is 258 g/mol. The number of benzene rings is 1. The van der Waals surface area contributed by atoms with Crippen LogP contribution in [0, 0.1) is 5.92 Å². The van der Waals surface area contributed by atoms with Crippen LogP contribution in [0.4, 0.5) is 0 Å². The molecule has 1 aromatic carbocycles. The molecule has 3 nitrogen and oxygen atoms in total. The first kappa shape index (κ1) is 12.7. The van der Waals surface area contributed by atoms with Gasteiger partial charge in [0.05, 0.1) is 17.3 Å². The van der Waals surface area contributed by atoms with E-state index in [9.17, 15) is 5.11 Å². The molecule has 0 bridgehead atoms. The maximum atomic E-state index is 10.2. The molecule has 1 N–H and O–H groups in total. The average Bonchev–Trinajstić information content (AvgIpc) is 2.73. The quantitative estimate of drug-likeness (QED) is 0.894. The summed E-state index contributed by atoms with van der Waals surface area (Å²) in [6.45, 7) is 2.98. The number of rotatable bonds is 5. The van der Waals surface area contributed by atoms with E-state index in [0.29, 0.717) is 6.42 Å². The zero-order valence-electron chi connectivity index (χ0n) is 11.5. The van der Waals surface area contributed by atoms with Crippen molar-refractivity contribution >= 4 is 10.9 Å². The molecular weight excluding hydrogens is 236 g/mol. The third kappa shape index (κ3) is 2.52. The van der Waals surface area contributed by atoms with E-state index in [1.165, 1.54) is 30.2 Å². The maximum Gasteiger partial charge on any atom is 0.0729 e. The Balaban J connectivity index is 1.79. The highest BCUT2D eigenvalue weighted by Gasteiger charge is 2.22. The van der Waals surface area contributed by atoms with Gasteiger partial charge < -0.3 is 5.11 Å². The number of para-hydroxylation sites is 1. The smallest absolute Gasteiger partial charge is 0.0729 e. The molecule has 0 radical (unpaired) electrons. The van der Waals surface area contributed by atoms with Gasteiger partial charge in [0, 0.05) is 18.4 Å². The van der Waals surface area contributed by atoms with Crippen LogP contribution in [0.25, 0.3) is 10.9 Å². The van der Waals surface area contributed by atoms with Crippen LogP contribution in [0.3, 0.4) is 0 Å². The molecule has 0 spiro atoms. The summed E-state index contributed by atoms with van der Waals surface area (Å²) >= 11 is 0. The maximum absolute atomic E-state index is 10.2. The van der Waals surface area contributed by atoms with Gasteiger partial charge in [-0.2, -0.15) is 5.10 Å². The molecule has 19 heavy (non-hydrogen) atoms. The van der Waals surface area contributed by atoms with Crippen molar-refractivity contribution in [1.29, 1.82) is 0 Å². The van der Waals surface area contributed by atoms with Crippen LogP contribution in [0.1, 0.15) is 38.3 Å². The van der Waals surface area contributed by atoms with Crippen LogP contribution < -0.4 is 0 Å². The predicted molar refractivity (Wildman–Crippen MR) is 77.1 cm³/mol. The topological polar surface area (TPSA) is 38.0 Å². The minimum Gasteiger partial charge on any atom is -0.393 e. The second-order valence-electron chi connectivity index (χ2n) is 5.67. The van der Waals surface area contributed by atoms with Crippen molar-refractivity contribution in [3.05, 3.63) is 30.0 Å². The lowest BCUT2D eigenvalue weighted by atomic mass is 9.81. The molecule has 1 atom stereocenters. The van der Waals surface area contributed by atoms with Crippen molar-refractivity contribution in [1.82, 2.24) is 9.78 Å². The molecule has 0 aliphatic heterocycles. The molecule has 2 aromatic rings. The van der Waals surface area contributed by atoms with Gasteiger partial charge in [0.25, 0.3) is 0 Å². The number of aliphatic hydroxyl groups excluding tert-OH is 1. The first-order valence-corrected chi connectivity index (χ1v) is 7.40. The molecule has 1 aliphatic carbocycles. The van der Waals surface area contributed by atoms with E-state index >= 15 is 0 Å². The van der Waals surface area contributed by atoms with Gasteiger partial charge in [0.1, 0.15) is 0 Å². The summed E-state index contributed by atoms with van der Waals surface area (Å²) in [5.41, 5.74) is 2.22. The van der Waals surface area contributed by atoms with Crippen LogP contribution >= 0.6 is 0 Å². The lowest BCUT2D eigenvalue weighted by Crippen LogP contribution is -2.21. The molecule has 1 unspecified atom stereocenters. The van der Waals surface area contributed by atoms with E-state index in [2.05, 4.69) is 24.2 Å². The molecule has 3 rings (SSSR count). The highest BCUT2D eigenvalue weighted by atomic mass is 16.3. The van der Waals surface area contributed by atoms with Crippen LogP contribution in [-0.4, -0.2) is 21.0 Å². The standard InChI is InChI=1S/C16H22N2O/c1-2-18-16-9-4-3-8-14(16)15(17-18)11-13(19)10-12-6-5-7-12/h3-4,8-9,12-13,19H,2,5-7,10-11H2,1H3. The molecule has 1 aliphatic rings. The van der Waals surface area contributed by atoms with Gasteiger partial charge in [0.15, 0.2) is 0 Å². The largest absolute Gasteiger partial charge is 0.393 e. The molecule has 102 valence electrons. The van der Waals surface area contributed by atoms with Gasteiger partial charge >= 0.3 is 0 Å². The summed E-state index contributed by atoms with van der Waals surface area (Å²) < 4.78 is 2.03. The number of fused-ring (bicyclic) bond motifs is 1. The first-order chi connectivity index (χ1) is 9.28. The summed E-state index contributed by atoms with van der Waals surface area (Å²) in [7, 11) is 0. The highest BCUT2D eigenvalue weighted by Crippen LogP contribution is 2.31. The molecule has 1 aromatic heterocycles. The van der Waals surface area contributed by atoms with Crippen molar-refractivity contribution in [3.63, 3.8) is 0 Å². The number of aromatic nitrogens is 2. The Hall–Kier alpha value is -1.35. The van der Waals surface area contributed by atoms with Crippen LogP contribution in [-0.2, 0) is 13.0 Å². The van der Waals surface area contributed by atoms with Gasteiger partial charge in [-0.3, -0.25) is 4.68 Å². The Morgan fingerprint density at radius 1 is 1.37 bits per heavy atom. The molecule has 1 heterocycles. The third-order valence-corrected chi connectivity index (χ3v) is 4.29. The van der Waals surface area contributed by atoms with Crippen LogP contribution in [0.15, 0.2) is 24.3 Å². The number of aryl methyl sites for hydroxylation is 1. The Morgan fingerprint density at radius 3 is 2.84 bits per heavy atom. The fourth-order valence-corrected chi connectivity index (χ4v) is 3.01. The second-order valence-corrected chi connectivity index (χ2v) is 5.67. The SMILES string of the molecule is CCn1nc(CC(O)CC2CCC2)c2ccccc21. The predicted octanol–water partition coefficient (Wildman–Crippen LogP) is 3.15. The molecule has 1 fully saturated rings.